The summed E-state index contributed by atoms with van der Waals surface area (Å²) in [7, 11) is 0. The average molecular weight is 393 g/mol. The van der Waals surface area contributed by atoms with Gasteiger partial charge in [-0.1, -0.05) is 53.2 Å². The number of rotatable bonds is 2. The first-order chi connectivity index (χ1) is 13.7. The minimum Gasteiger partial charge on any atom is -0.391 e. The molecule has 140 valence electrons. The van der Waals surface area contributed by atoms with Crippen molar-refractivity contribution in [1.82, 2.24) is 0 Å². The van der Waals surface area contributed by atoms with Crippen LogP contribution in [0.2, 0.25) is 5.02 Å². The van der Waals surface area contributed by atoms with Gasteiger partial charge >= 0.3 is 0 Å². The lowest BCUT2D eigenvalue weighted by Gasteiger charge is -2.30. The molecule has 4 aliphatic rings. The molecule has 6 rings (SSSR count). The van der Waals surface area contributed by atoms with Crippen LogP contribution in [0.25, 0.3) is 0 Å². The number of hydrogen-bond acceptors (Lipinski definition) is 4. The van der Waals surface area contributed by atoms with Crippen LogP contribution >= 0.6 is 11.6 Å². The molecule has 2 saturated carbocycles. The Bertz CT molecular complexity index is 1040. The molecule has 2 heterocycles. The molecule has 2 aliphatic carbocycles. The summed E-state index contributed by atoms with van der Waals surface area (Å²) in [6.07, 6.45) is 0.679. The lowest BCUT2D eigenvalue weighted by Crippen LogP contribution is -2.41. The molecule has 0 radical (unpaired) electrons. The number of anilines is 1. The third-order valence-corrected chi connectivity index (χ3v) is 7.18. The summed E-state index contributed by atoms with van der Waals surface area (Å²) in [5, 5.41) is 4.97. The molecular formula is C22H17ClN2O3. The first-order valence-electron chi connectivity index (χ1n) is 9.58. The van der Waals surface area contributed by atoms with Gasteiger partial charge in [-0.3, -0.25) is 14.5 Å². The van der Waals surface area contributed by atoms with E-state index in [0.29, 0.717) is 10.7 Å². The van der Waals surface area contributed by atoms with Crippen LogP contribution in [0.5, 0.6) is 0 Å². The largest absolute Gasteiger partial charge is 0.391 e. The molecule has 2 bridgehead atoms. The Labute approximate surface area is 166 Å². The zero-order valence-electron chi connectivity index (χ0n) is 14.9. The number of halogens is 1. The lowest BCUT2D eigenvalue weighted by molar-refractivity contribution is -0.125. The number of oxime groups is 1. The van der Waals surface area contributed by atoms with E-state index >= 15 is 0 Å². The van der Waals surface area contributed by atoms with E-state index in [2.05, 4.69) is 5.16 Å². The van der Waals surface area contributed by atoms with E-state index in [1.807, 2.05) is 54.6 Å². The monoisotopic (exact) mass is 392 g/mol. The summed E-state index contributed by atoms with van der Waals surface area (Å²) < 4.78 is 0. The zero-order chi connectivity index (χ0) is 19.0. The highest BCUT2D eigenvalue weighted by Gasteiger charge is 2.70. The van der Waals surface area contributed by atoms with Crippen LogP contribution in [0.1, 0.15) is 12.0 Å². The maximum absolute atomic E-state index is 13.3. The van der Waals surface area contributed by atoms with Gasteiger partial charge in [-0.05, 0) is 30.5 Å². The Morgan fingerprint density at radius 1 is 0.893 bits per heavy atom. The number of imide groups is 1. The van der Waals surface area contributed by atoms with E-state index in [1.165, 1.54) is 4.90 Å². The van der Waals surface area contributed by atoms with E-state index in [9.17, 15) is 9.59 Å². The first kappa shape index (κ1) is 16.3. The molecule has 0 aromatic heterocycles. The van der Waals surface area contributed by atoms with Crippen molar-refractivity contribution in [3.63, 3.8) is 0 Å². The zero-order valence-corrected chi connectivity index (χ0v) is 15.6. The second-order valence-corrected chi connectivity index (χ2v) is 8.42. The first-order valence-corrected chi connectivity index (χ1v) is 9.96. The van der Waals surface area contributed by atoms with E-state index in [0.717, 1.165) is 17.7 Å². The molecule has 2 amide bonds. The molecule has 2 aromatic carbocycles. The highest BCUT2D eigenvalue weighted by Crippen LogP contribution is 2.62. The minimum absolute atomic E-state index is 0.0126. The van der Waals surface area contributed by atoms with E-state index in [4.69, 9.17) is 16.4 Å². The van der Waals surface area contributed by atoms with Gasteiger partial charge in [0, 0.05) is 22.4 Å². The molecule has 1 saturated heterocycles. The van der Waals surface area contributed by atoms with Crippen molar-refractivity contribution in [2.24, 2.45) is 34.7 Å². The summed E-state index contributed by atoms with van der Waals surface area (Å²) in [5.74, 6) is -0.692. The second kappa shape index (κ2) is 5.67. The van der Waals surface area contributed by atoms with Crippen molar-refractivity contribution in [1.29, 1.82) is 0 Å². The lowest BCUT2D eigenvalue weighted by atomic mass is 9.71. The van der Waals surface area contributed by atoms with Crippen LogP contribution < -0.4 is 4.90 Å². The molecular weight excluding hydrogens is 376 g/mol. The minimum atomic E-state index is -0.306. The number of nitrogens with zero attached hydrogens (tertiary/aromatic N) is 2. The molecule has 2 aliphatic heterocycles. The van der Waals surface area contributed by atoms with E-state index in [-0.39, 0.29) is 47.5 Å². The second-order valence-electron chi connectivity index (χ2n) is 8.01. The Morgan fingerprint density at radius 2 is 1.57 bits per heavy atom. The van der Waals surface area contributed by atoms with Gasteiger partial charge in [0.15, 0.2) is 0 Å². The van der Waals surface area contributed by atoms with Crippen LogP contribution in [-0.2, 0) is 14.4 Å². The number of carbonyl (C=O) groups is 2. The maximum Gasteiger partial charge on any atom is 0.238 e. The predicted molar refractivity (Wildman–Crippen MR) is 104 cm³/mol. The van der Waals surface area contributed by atoms with Gasteiger partial charge in [0.1, 0.15) is 6.10 Å². The molecule has 0 spiro atoms. The number of hydrogen-bond donors (Lipinski definition) is 0. The topological polar surface area (TPSA) is 59.0 Å². The van der Waals surface area contributed by atoms with Crippen molar-refractivity contribution in [2.45, 2.75) is 12.5 Å². The van der Waals surface area contributed by atoms with E-state index < -0.39 is 0 Å². The van der Waals surface area contributed by atoms with Crippen LogP contribution in [0, 0.1) is 29.6 Å². The Kier molecular flexibility index (Phi) is 3.30. The third-order valence-electron chi connectivity index (χ3n) is 6.85. The molecule has 0 unspecified atom stereocenters. The molecule has 6 atom stereocenters. The summed E-state index contributed by atoms with van der Waals surface area (Å²) in [6.45, 7) is 0. The number of fused-ring (bicyclic) bond motifs is 8. The van der Waals surface area contributed by atoms with Gasteiger partial charge in [-0.25, -0.2) is 0 Å². The third kappa shape index (κ3) is 1.95. The normalized spacial score (nSPS) is 35.0. The fourth-order valence-electron chi connectivity index (χ4n) is 5.85. The molecule has 0 N–H and O–H groups in total. The molecule has 5 nitrogen and oxygen atoms in total. The number of carbonyl (C=O) groups excluding carboxylic acids is 2. The number of benzene rings is 2. The predicted octanol–water partition coefficient (Wildman–Crippen LogP) is 3.51. The Hall–Kier alpha value is -2.66. The summed E-state index contributed by atoms with van der Waals surface area (Å²) in [6, 6.07) is 16.8. The quantitative estimate of drug-likeness (QED) is 0.735. The number of amides is 2. The van der Waals surface area contributed by atoms with Gasteiger partial charge in [-0.15, -0.1) is 0 Å². The standard InChI is InChI=1S/C22H17ClN2O3/c23-15-9-5-4-8-12(15)19-18-13-10-14(20(18)28-24-19)17-16(13)21(26)25(22(17)27)11-6-2-1-3-7-11/h1-9,13-14,16-18,20H,10H2/t13-,14+,16+,17-,18-,20+/m0/s1. The van der Waals surface area contributed by atoms with Gasteiger partial charge in [-0.2, -0.15) is 0 Å². The SMILES string of the molecule is O=C1[C@@H]2[C@@H]3C[C@@H]([C@H]4ON=C(c5ccccc5Cl)[C@H]34)[C@@H]2C(=O)N1c1ccccc1. The van der Waals surface area contributed by atoms with Crippen molar-refractivity contribution in [3.8, 4) is 0 Å². The molecule has 2 aromatic rings. The van der Waals surface area contributed by atoms with Crippen LogP contribution in [0.4, 0.5) is 5.69 Å². The average Bonchev–Trinajstić information content (AvgIpc) is 3.43. The van der Waals surface area contributed by atoms with Crippen molar-refractivity contribution in [2.75, 3.05) is 4.90 Å². The fraction of sp³-hybridized carbons (Fsp3) is 0.318. The Balaban J connectivity index is 1.38. The maximum atomic E-state index is 13.3. The fourth-order valence-corrected chi connectivity index (χ4v) is 6.08. The van der Waals surface area contributed by atoms with Gasteiger partial charge in [0.05, 0.1) is 23.2 Å². The van der Waals surface area contributed by atoms with Crippen molar-refractivity contribution in [3.05, 3.63) is 65.2 Å². The summed E-state index contributed by atoms with van der Waals surface area (Å²) in [5.41, 5.74) is 2.33. The Morgan fingerprint density at radius 3 is 2.32 bits per heavy atom. The van der Waals surface area contributed by atoms with Crippen molar-refractivity contribution >= 4 is 34.8 Å². The van der Waals surface area contributed by atoms with Gasteiger partial charge in [0.2, 0.25) is 11.8 Å². The number of para-hydroxylation sites is 1. The van der Waals surface area contributed by atoms with Gasteiger partial charge in [0.25, 0.3) is 0 Å². The van der Waals surface area contributed by atoms with Crippen LogP contribution in [-0.4, -0.2) is 23.6 Å². The van der Waals surface area contributed by atoms with Crippen molar-refractivity contribution < 1.29 is 14.4 Å². The molecule has 3 fully saturated rings. The smallest absolute Gasteiger partial charge is 0.238 e. The molecule has 28 heavy (non-hydrogen) atoms. The van der Waals surface area contributed by atoms with Crippen LogP contribution in [0.15, 0.2) is 59.8 Å². The highest BCUT2D eigenvalue weighted by molar-refractivity contribution is 6.34. The van der Waals surface area contributed by atoms with E-state index in [1.54, 1.807) is 0 Å². The molecule has 6 heteroatoms. The van der Waals surface area contributed by atoms with Crippen LogP contribution in [0.3, 0.4) is 0 Å². The van der Waals surface area contributed by atoms with Gasteiger partial charge < -0.3 is 4.84 Å². The summed E-state index contributed by atoms with van der Waals surface area (Å²) in [4.78, 5) is 33.6. The summed E-state index contributed by atoms with van der Waals surface area (Å²) >= 11 is 6.40. The highest BCUT2D eigenvalue weighted by atomic mass is 35.5.